The Morgan fingerprint density at radius 1 is 1.17 bits per heavy atom. The Bertz CT molecular complexity index is 726. The fraction of sp³-hybridized carbons (Fsp3) is 0.368. The topological polar surface area (TPSA) is 36.4 Å². The van der Waals surface area contributed by atoms with Gasteiger partial charge in [-0.2, -0.15) is 0 Å². The van der Waals surface area contributed by atoms with Gasteiger partial charge < -0.3 is 4.90 Å². The fourth-order valence-electron chi connectivity index (χ4n) is 2.97. The standard InChI is InChI=1S/C19H23N3O/c1-14-6-7-16(11-15(14)2)12-18(23)22-10-9-21(3)13-17-5-4-8-20-19(17)22/h4-8,11H,9-10,12-13H2,1-3H3. The molecule has 0 bridgehead atoms. The van der Waals surface area contributed by atoms with E-state index in [2.05, 4.69) is 49.0 Å². The maximum absolute atomic E-state index is 12.9. The van der Waals surface area contributed by atoms with Crippen LogP contribution in [0.3, 0.4) is 0 Å². The Hall–Kier alpha value is -2.20. The largest absolute Gasteiger partial charge is 0.300 e. The summed E-state index contributed by atoms with van der Waals surface area (Å²) in [4.78, 5) is 21.4. The Morgan fingerprint density at radius 3 is 2.78 bits per heavy atom. The molecule has 23 heavy (non-hydrogen) atoms. The smallest absolute Gasteiger partial charge is 0.232 e. The van der Waals surface area contributed by atoms with Gasteiger partial charge >= 0.3 is 0 Å². The third-order valence-electron chi connectivity index (χ3n) is 4.50. The van der Waals surface area contributed by atoms with Crippen LogP contribution >= 0.6 is 0 Å². The Morgan fingerprint density at radius 2 is 2.00 bits per heavy atom. The van der Waals surface area contributed by atoms with Crippen molar-refractivity contribution in [2.75, 3.05) is 25.0 Å². The lowest BCUT2D eigenvalue weighted by Crippen LogP contribution is -2.36. The summed E-state index contributed by atoms with van der Waals surface area (Å²) in [5.41, 5.74) is 4.66. The van der Waals surface area contributed by atoms with Crippen LogP contribution in [0.1, 0.15) is 22.3 Å². The molecule has 4 heteroatoms. The quantitative estimate of drug-likeness (QED) is 0.856. The zero-order valence-corrected chi connectivity index (χ0v) is 14.0. The van der Waals surface area contributed by atoms with Crippen LogP contribution in [-0.2, 0) is 17.8 Å². The van der Waals surface area contributed by atoms with Crippen molar-refractivity contribution in [3.05, 3.63) is 58.8 Å². The van der Waals surface area contributed by atoms with Gasteiger partial charge in [0.25, 0.3) is 0 Å². The maximum Gasteiger partial charge on any atom is 0.232 e. The maximum atomic E-state index is 12.9. The number of carbonyl (C=O) groups is 1. The van der Waals surface area contributed by atoms with Crippen LogP contribution in [0.4, 0.5) is 5.82 Å². The van der Waals surface area contributed by atoms with Crippen molar-refractivity contribution < 1.29 is 4.79 Å². The van der Waals surface area contributed by atoms with Crippen LogP contribution in [0.5, 0.6) is 0 Å². The van der Waals surface area contributed by atoms with Crippen molar-refractivity contribution in [3.63, 3.8) is 0 Å². The molecule has 0 radical (unpaired) electrons. The van der Waals surface area contributed by atoms with Gasteiger partial charge in [-0.05, 0) is 43.7 Å². The van der Waals surface area contributed by atoms with Crippen LogP contribution < -0.4 is 4.90 Å². The van der Waals surface area contributed by atoms with E-state index in [1.807, 2.05) is 17.0 Å². The Labute approximate surface area is 137 Å². The van der Waals surface area contributed by atoms with Crippen LogP contribution in [0.15, 0.2) is 36.5 Å². The summed E-state index contributed by atoms with van der Waals surface area (Å²) < 4.78 is 0. The number of hydrogen-bond donors (Lipinski definition) is 0. The lowest BCUT2D eigenvalue weighted by molar-refractivity contribution is -0.118. The summed E-state index contributed by atoms with van der Waals surface area (Å²) in [7, 11) is 2.08. The number of anilines is 1. The molecule has 1 amide bonds. The number of nitrogens with zero attached hydrogens (tertiary/aromatic N) is 3. The first-order chi connectivity index (χ1) is 11.0. The predicted molar refractivity (Wildman–Crippen MR) is 92.5 cm³/mol. The first-order valence-corrected chi connectivity index (χ1v) is 8.03. The number of aryl methyl sites for hydroxylation is 2. The van der Waals surface area contributed by atoms with Crippen LogP contribution in [0, 0.1) is 13.8 Å². The molecule has 4 nitrogen and oxygen atoms in total. The van der Waals surface area contributed by atoms with Gasteiger partial charge in [0, 0.05) is 31.4 Å². The predicted octanol–water partition coefficient (Wildman–Crippen LogP) is 2.72. The van der Waals surface area contributed by atoms with E-state index in [0.717, 1.165) is 30.0 Å². The summed E-state index contributed by atoms with van der Waals surface area (Å²) >= 11 is 0. The van der Waals surface area contributed by atoms with Gasteiger partial charge in [-0.15, -0.1) is 0 Å². The van der Waals surface area contributed by atoms with Crippen LogP contribution in [0.2, 0.25) is 0 Å². The van der Waals surface area contributed by atoms with Crippen molar-refractivity contribution in [2.24, 2.45) is 0 Å². The number of amides is 1. The zero-order chi connectivity index (χ0) is 16.4. The van der Waals surface area contributed by atoms with Crippen LogP contribution in [-0.4, -0.2) is 35.9 Å². The van der Waals surface area contributed by atoms with E-state index >= 15 is 0 Å². The van der Waals surface area contributed by atoms with Crippen molar-refractivity contribution in [3.8, 4) is 0 Å². The number of aromatic nitrogens is 1. The lowest BCUT2D eigenvalue weighted by Gasteiger charge is -2.21. The van der Waals surface area contributed by atoms with Gasteiger partial charge in [0.15, 0.2) is 0 Å². The summed E-state index contributed by atoms with van der Waals surface area (Å²) in [5, 5.41) is 0. The summed E-state index contributed by atoms with van der Waals surface area (Å²) in [6, 6.07) is 10.2. The van der Waals surface area contributed by atoms with Crippen molar-refractivity contribution in [1.29, 1.82) is 0 Å². The highest BCUT2D eigenvalue weighted by Crippen LogP contribution is 2.23. The molecule has 0 N–H and O–H groups in total. The summed E-state index contributed by atoms with van der Waals surface area (Å²) in [5.74, 6) is 0.925. The third kappa shape index (κ3) is 3.42. The highest BCUT2D eigenvalue weighted by atomic mass is 16.2. The molecule has 120 valence electrons. The zero-order valence-electron chi connectivity index (χ0n) is 14.0. The molecule has 1 aromatic carbocycles. The second-order valence-electron chi connectivity index (χ2n) is 6.36. The normalized spacial score (nSPS) is 15.2. The van der Waals surface area contributed by atoms with E-state index in [1.54, 1.807) is 6.20 Å². The van der Waals surface area contributed by atoms with E-state index in [9.17, 15) is 4.79 Å². The summed E-state index contributed by atoms with van der Waals surface area (Å²) in [6.45, 7) is 6.54. The third-order valence-corrected chi connectivity index (χ3v) is 4.50. The lowest BCUT2D eigenvalue weighted by atomic mass is 10.0. The Balaban J connectivity index is 1.85. The highest BCUT2D eigenvalue weighted by Gasteiger charge is 2.24. The second kappa shape index (κ2) is 6.50. The molecule has 1 aliphatic rings. The average molecular weight is 309 g/mol. The first kappa shape index (κ1) is 15.7. The van der Waals surface area contributed by atoms with Crippen molar-refractivity contribution >= 4 is 11.7 Å². The highest BCUT2D eigenvalue weighted by molar-refractivity contribution is 5.94. The first-order valence-electron chi connectivity index (χ1n) is 8.03. The van der Waals surface area contributed by atoms with E-state index in [-0.39, 0.29) is 5.91 Å². The SMILES string of the molecule is Cc1ccc(CC(=O)N2CCN(C)Cc3cccnc32)cc1C. The minimum absolute atomic E-state index is 0.114. The van der Waals surface area contributed by atoms with Gasteiger partial charge in [0.1, 0.15) is 5.82 Å². The molecule has 0 unspecified atom stereocenters. The van der Waals surface area contributed by atoms with E-state index in [1.165, 1.54) is 11.1 Å². The van der Waals surface area contributed by atoms with E-state index in [0.29, 0.717) is 13.0 Å². The van der Waals surface area contributed by atoms with Gasteiger partial charge in [-0.25, -0.2) is 4.98 Å². The average Bonchev–Trinajstić information content (AvgIpc) is 2.69. The van der Waals surface area contributed by atoms with E-state index in [4.69, 9.17) is 0 Å². The minimum atomic E-state index is 0.114. The number of pyridine rings is 1. The number of fused-ring (bicyclic) bond motifs is 1. The molecule has 1 aromatic heterocycles. The molecule has 0 saturated heterocycles. The molecule has 3 rings (SSSR count). The molecule has 2 aromatic rings. The molecular formula is C19H23N3O. The number of hydrogen-bond acceptors (Lipinski definition) is 3. The molecule has 2 heterocycles. The van der Waals surface area contributed by atoms with Gasteiger partial charge in [-0.1, -0.05) is 24.3 Å². The minimum Gasteiger partial charge on any atom is -0.300 e. The molecule has 0 atom stereocenters. The molecule has 0 saturated carbocycles. The van der Waals surface area contributed by atoms with E-state index < -0.39 is 0 Å². The molecule has 0 spiro atoms. The molecular weight excluding hydrogens is 286 g/mol. The molecule has 0 aliphatic carbocycles. The monoisotopic (exact) mass is 309 g/mol. The van der Waals surface area contributed by atoms with Gasteiger partial charge in [0.05, 0.1) is 6.42 Å². The number of likely N-dealkylation sites (N-methyl/N-ethyl adjacent to an activating group) is 1. The molecule has 0 fully saturated rings. The number of rotatable bonds is 2. The summed E-state index contributed by atoms with van der Waals surface area (Å²) in [6.07, 6.45) is 2.18. The number of carbonyl (C=O) groups excluding carboxylic acids is 1. The second-order valence-corrected chi connectivity index (χ2v) is 6.36. The van der Waals surface area contributed by atoms with Gasteiger partial charge in [-0.3, -0.25) is 9.69 Å². The molecule has 1 aliphatic heterocycles. The fourth-order valence-corrected chi connectivity index (χ4v) is 2.97. The number of benzene rings is 1. The van der Waals surface area contributed by atoms with Gasteiger partial charge in [0.2, 0.25) is 5.91 Å². The Kier molecular flexibility index (Phi) is 4.44. The van der Waals surface area contributed by atoms with Crippen LogP contribution in [0.25, 0.3) is 0 Å². The van der Waals surface area contributed by atoms with Crippen molar-refractivity contribution in [2.45, 2.75) is 26.8 Å². The van der Waals surface area contributed by atoms with Crippen molar-refractivity contribution in [1.82, 2.24) is 9.88 Å².